The number of piperidine rings is 1. The van der Waals surface area contributed by atoms with Gasteiger partial charge in [0, 0.05) is 24.0 Å². The van der Waals surface area contributed by atoms with Gasteiger partial charge >= 0.3 is 5.97 Å². The van der Waals surface area contributed by atoms with Crippen LogP contribution in [0.3, 0.4) is 0 Å². The van der Waals surface area contributed by atoms with Gasteiger partial charge in [-0.15, -0.1) is 11.3 Å². The van der Waals surface area contributed by atoms with Crippen LogP contribution in [0.4, 0.5) is 0 Å². The number of amides is 1. The van der Waals surface area contributed by atoms with E-state index in [0.29, 0.717) is 30.1 Å². The molecule has 1 saturated heterocycles. The van der Waals surface area contributed by atoms with Gasteiger partial charge < -0.3 is 14.4 Å². The molecular weight excluding hydrogens is 428 g/mol. The summed E-state index contributed by atoms with van der Waals surface area (Å²) in [5, 5.41) is 1.75. The maximum atomic E-state index is 13.0. The van der Waals surface area contributed by atoms with E-state index in [1.54, 1.807) is 16.3 Å². The van der Waals surface area contributed by atoms with Crippen LogP contribution in [-0.4, -0.2) is 60.8 Å². The lowest BCUT2D eigenvalue weighted by atomic mass is 9.96. The monoisotopic (exact) mass is 456 g/mol. The second-order valence-corrected chi connectivity index (χ2v) is 9.26. The molecule has 7 nitrogen and oxygen atoms in total. The predicted octanol–water partition coefficient (Wildman–Crippen LogP) is 3.37. The topological polar surface area (TPSA) is 76.2 Å². The van der Waals surface area contributed by atoms with E-state index in [2.05, 4.69) is 17.0 Å². The standard InChI is InChI=1S/C24H28N2O5S/c1-16(27)22-12-20(15-32-22)23(28)26-9-10-31-21-4-3-17(11-19(21)14-26)13-25-7-5-18(6-8-25)24(29)30-2/h3-4,11-12,15,18H,5-10,13-14H2,1-2H3. The fourth-order valence-corrected chi connectivity index (χ4v) is 5.07. The summed E-state index contributed by atoms with van der Waals surface area (Å²) in [5.41, 5.74) is 2.70. The first-order valence-corrected chi connectivity index (χ1v) is 11.8. The SMILES string of the molecule is COC(=O)C1CCN(Cc2ccc3c(c2)CN(C(=O)c2csc(C(C)=O)c2)CCO3)CC1. The number of esters is 1. The highest BCUT2D eigenvalue weighted by molar-refractivity contribution is 7.12. The number of benzene rings is 1. The van der Waals surface area contributed by atoms with Gasteiger partial charge in [-0.05, 0) is 56.6 Å². The van der Waals surface area contributed by atoms with Gasteiger partial charge in [0.2, 0.25) is 0 Å². The molecular formula is C24H28N2O5S. The van der Waals surface area contributed by atoms with Gasteiger partial charge in [-0.3, -0.25) is 19.3 Å². The van der Waals surface area contributed by atoms with Crippen LogP contribution in [-0.2, 0) is 22.6 Å². The van der Waals surface area contributed by atoms with Crippen LogP contribution in [0.25, 0.3) is 0 Å². The van der Waals surface area contributed by atoms with Crippen LogP contribution in [0.1, 0.15) is 50.9 Å². The second kappa shape index (κ2) is 9.83. The summed E-state index contributed by atoms with van der Waals surface area (Å²) in [6.07, 6.45) is 1.62. The lowest BCUT2D eigenvalue weighted by Crippen LogP contribution is -2.36. The molecule has 0 N–H and O–H groups in total. The van der Waals surface area contributed by atoms with E-state index in [1.165, 1.54) is 25.4 Å². The summed E-state index contributed by atoms with van der Waals surface area (Å²) in [6, 6.07) is 7.84. The van der Waals surface area contributed by atoms with Crippen LogP contribution in [0, 0.1) is 5.92 Å². The fraction of sp³-hybridized carbons (Fsp3) is 0.458. The minimum absolute atomic E-state index is 0.00288. The molecule has 0 saturated carbocycles. The maximum Gasteiger partial charge on any atom is 0.308 e. The second-order valence-electron chi connectivity index (χ2n) is 8.35. The number of ketones is 1. The third-order valence-electron chi connectivity index (χ3n) is 6.11. The molecule has 1 aromatic heterocycles. The molecule has 32 heavy (non-hydrogen) atoms. The van der Waals surface area contributed by atoms with Crippen molar-refractivity contribution in [3.8, 4) is 5.75 Å². The number of carbonyl (C=O) groups excluding carboxylic acids is 3. The molecule has 1 amide bonds. The van der Waals surface area contributed by atoms with Gasteiger partial charge in [0.1, 0.15) is 12.4 Å². The molecule has 0 aliphatic carbocycles. The number of rotatable bonds is 5. The summed E-state index contributed by atoms with van der Waals surface area (Å²) in [4.78, 5) is 41.1. The first-order chi connectivity index (χ1) is 15.4. The average molecular weight is 457 g/mol. The van der Waals surface area contributed by atoms with Gasteiger partial charge in [-0.1, -0.05) is 6.07 Å². The number of nitrogens with zero attached hydrogens (tertiary/aromatic N) is 2. The highest BCUT2D eigenvalue weighted by Gasteiger charge is 2.26. The Morgan fingerprint density at radius 3 is 2.62 bits per heavy atom. The molecule has 3 heterocycles. The number of thiophene rings is 1. The van der Waals surface area contributed by atoms with Crippen LogP contribution in [0.15, 0.2) is 29.6 Å². The summed E-state index contributed by atoms with van der Waals surface area (Å²) < 4.78 is 10.8. The molecule has 170 valence electrons. The Morgan fingerprint density at radius 2 is 1.94 bits per heavy atom. The lowest BCUT2D eigenvalue weighted by molar-refractivity contribution is -0.147. The lowest BCUT2D eigenvalue weighted by Gasteiger charge is -2.30. The molecule has 2 aromatic rings. The molecule has 0 unspecified atom stereocenters. The van der Waals surface area contributed by atoms with E-state index in [4.69, 9.17) is 9.47 Å². The summed E-state index contributed by atoms with van der Waals surface area (Å²) in [5.74, 6) is 0.581. The van der Waals surface area contributed by atoms with Crippen LogP contribution in [0.5, 0.6) is 5.75 Å². The van der Waals surface area contributed by atoms with Crippen molar-refractivity contribution in [3.63, 3.8) is 0 Å². The summed E-state index contributed by atoms with van der Waals surface area (Å²) in [6.45, 7) is 5.41. The van der Waals surface area contributed by atoms with Gasteiger partial charge in [0.15, 0.2) is 5.78 Å². The molecule has 0 bridgehead atoms. The number of Topliss-reactive ketones (excluding diaryl/α,β-unsaturated/α-hetero) is 1. The van der Waals surface area contributed by atoms with Gasteiger partial charge in [0.05, 0.1) is 30.0 Å². The smallest absolute Gasteiger partial charge is 0.308 e. The normalized spacial score (nSPS) is 17.2. The molecule has 2 aliphatic rings. The zero-order valence-electron chi connectivity index (χ0n) is 18.5. The third-order valence-corrected chi connectivity index (χ3v) is 7.14. The fourth-order valence-electron chi connectivity index (χ4n) is 4.29. The molecule has 1 aromatic carbocycles. The first-order valence-electron chi connectivity index (χ1n) is 10.9. The number of fused-ring (bicyclic) bond motifs is 1. The number of carbonyl (C=O) groups is 3. The van der Waals surface area contributed by atoms with Crippen molar-refractivity contribution in [3.05, 3.63) is 51.2 Å². The predicted molar refractivity (Wildman–Crippen MR) is 121 cm³/mol. The summed E-state index contributed by atoms with van der Waals surface area (Å²) >= 11 is 1.30. The highest BCUT2D eigenvalue weighted by atomic mass is 32.1. The Balaban J connectivity index is 1.42. The molecule has 8 heteroatoms. The zero-order valence-corrected chi connectivity index (χ0v) is 19.3. The molecule has 0 atom stereocenters. The largest absolute Gasteiger partial charge is 0.491 e. The molecule has 1 fully saturated rings. The Kier molecular flexibility index (Phi) is 6.91. The number of likely N-dealkylation sites (tertiary alicyclic amines) is 1. The van der Waals surface area contributed by atoms with Crippen molar-refractivity contribution >= 4 is 29.0 Å². The van der Waals surface area contributed by atoms with E-state index in [0.717, 1.165) is 49.4 Å². The molecule has 0 spiro atoms. The van der Waals surface area contributed by atoms with E-state index in [-0.39, 0.29) is 23.6 Å². The van der Waals surface area contributed by atoms with Gasteiger partial charge in [0.25, 0.3) is 5.91 Å². The van der Waals surface area contributed by atoms with Crippen molar-refractivity contribution in [2.45, 2.75) is 32.9 Å². The van der Waals surface area contributed by atoms with Crippen LogP contribution in [0.2, 0.25) is 0 Å². The Bertz CT molecular complexity index is 1010. The first kappa shape index (κ1) is 22.5. The van der Waals surface area contributed by atoms with E-state index in [9.17, 15) is 14.4 Å². The van der Waals surface area contributed by atoms with Gasteiger partial charge in [-0.2, -0.15) is 0 Å². The number of methoxy groups -OCH3 is 1. The average Bonchev–Trinajstić information content (AvgIpc) is 3.20. The Labute approximate surface area is 191 Å². The van der Waals surface area contributed by atoms with Crippen molar-refractivity contribution < 1.29 is 23.9 Å². The summed E-state index contributed by atoms with van der Waals surface area (Å²) in [7, 11) is 1.45. The minimum Gasteiger partial charge on any atom is -0.491 e. The Hall–Kier alpha value is -2.71. The van der Waals surface area contributed by atoms with E-state index in [1.807, 2.05) is 6.07 Å². The number of hydrogen-bond acceptors (Lipinski definition) is 7. The van der Waals surface area contributed by atoms with E-state index < -0.39 is 0 Å². The highest BCUT2D eigenvalue weighted by Crippen LogP contribution is 2.28. The quantitative estimate of drug-likeness (QED) is 0.507. The minimum atomic E-state index is -0.113. The third kappa shape index (κ3) is 5.02. The van der Waals surface area contributed by atoms with Crippen LogP contribution < -0.4 is 4.74 Å². The molecule has 2 aliphatic heterocycles. The van der Waals surface area contributed by atoms with Crippen molar-refractivity contribution in [2.24, 2.45) is 5.92 Å². The maximum absolute atomic E-state index is 13.0. The number of ether oxygens (including phenoxy) is 2. The van der Waals surface area contributed by atoms with Crippen LogP contribution >= 0.6 is 11.3 Å². The molecule has 0 radical (unpaired) electrons. The van der Waals surface area contributed by atoms with Crippen molar-refractivity contribution in [1.82, 2.24) is 9.80 Å². The zero-order chi connectivity index (χ0) is 22.7. The Morgan fingerprint density at radius 1 is 1.16 bits per heavy atom. The number of hydrogen-bond donors (Lipinski definition) is 0. The van der Waals surface area contributed by atoms with Crippen molar-refractivity contribution in [2.75, 3.05) is 33.4 Å². The van der Waals surface area contributed by atoms with Crippen molar-refractivity contribution in [1.29, 1.82) is 0 Å². The van der Waals surface area contributed by atoms with Gasteiger partial charge in [-0.25, -0.2) is 0 Å². The molecule has 4 rings (SSSR count). The van der Waals surface area contributed by atoms with E-state index >= 15 is 0 Å².